The first-order valence-corrected chi connectivity index (χ1v) is 22.9. The number of aliphatic hydroxyl groups excluding tert-OH is 1. The summed E-state index contributed by atoms with van der Waals surface area (Å²) < 4.78 is 23.9. The van der Waals surface area contributed by atoms with Crippen LogP contribution in [0.15, 0.2) is 11.6 Å². The minimum Gasteiger partial charge on any atom is -0.469 e. The molecule has 0 aromatic rings. The highest BCUT2D eigenvalue weighted by molar-refractivity contribution is 6.07. The van der Waals surface area contributed by atoms with Crippen molar-refractivity contribution in [2.45, 2.75) is 167 Å². The first-order valence-electron chi connectivity index (χ1n) is 22.9. The van der Waals surface area contributed by atoms with Crippen LogP contribution in [-0.2, 0) is 47.7 Å². The molecule has 3 heterocycles. The fourth-order valence-corrected chi connectivity index (χ4v) is 18.4. The fraction of sp³-hybridized carbons (Fsp3) is 0.816. The Bertz CT molecular complexity index is 2140. The van der Waals surface area contributed by atoms with Crippen LogP contribution in [0.25, 0.3) is 0 Å². The van der Waals surface area contributed by atoms with Crippen LogP contribution in [0.2, 0.25) is 0 Å². The normalized spacial score (nSPS) is 54.9. The zero-order chi connectivity index (χ0) is 42.4. The molecule has 1 N–H and O–H groups in total. The SMILES string of the molecule is C.CC12CCC(=O)C3C(=O)C(CC31C#N)C1C2C(O)CC2(C)C1CC[C@@]21CCC(=O)O1.COC(=O)C1CC2=CC(=O)CCC2(C)C23OC2CC2(C)C(CC[C@@]24CCC(=O)O4)C13. The summed E-state index contributed by atoms with van der Waals surface area (Å²) in [5.41, 5.74) is -2.61. The molecule has 3 spiro atoms. The van der Waals surface area contributed by atoms with Crippen LogP contribution in [0, 0.1) is 85.7 Å². The van der Waals surface area contributed by atoms with E-state index in [0.29, 0.717) is 57.8 Å². The van der Waals surface area contributed by atoms with Gasteiger partial charge in [-0.3, -0.25) is 28.8 Å². The first kappa shape index (κ1) is 41.6. The average Bonchev–Trinajstić information content (AvgIpc) is 3.56. The van der Waals surface area contributed by atoms with Crippen LogP contribution >= 0.6 is 0 Å². The van der Waals surface area contributed by atoms with Gasteiger partial charge in [0.1, 0.15) is 28.4 Å². The van der Waals surface area contributed by atoms with Gasteiger partial charge in [0.05, 0.1) is 42.6 Å². The van der Waals surface area contributed by atoms with Crippen LogP contribution in [0.5, 0.6) is 0 Å². The van der Waals surface area contributed by atoms with Gasteiger partial charge in [-0.2, -0.15) is 5.26 Å². The summed E-state index contributed by atoms with van der Waals surface area (Å²) in [5.74, 6) is -1.72. The molecule has 12 aliphatic rings. The number of ketones is 3. The van der Waals surface area contributed by atoms with Crippen LogP contribution in [0.3, 0.4) is 0 Å². The lowest BCUT2D eigenvalue weighted by molar-refractivity contribution is -0.213. The Morgan fingerprint density at radius 2 is 1.44 bits per heavy atom. The van der Waals surface area contributed by atoms with Gasteiger partial charge in [0.2, 0.25) is 0 Å². The van der Waals surface area contributed by atoms with Crippen molar-refractivity contribution in [2.24, 2.45) is 74.4 Å². The summed E-state index contributed by atoms with van der Waals surface area (Å²) in [6, 6.07) is 2.47. The maximum absolute atomic E-state index is 13.6. The minimum absolute atomic E-state index is 0. The molecule has 61 heavy (non-hydrogen) atoms. The Labute approximate surface area is 358 Å². The van der Waals surface area contributed by atoms with Gasteiger partial charge in [-0.05, 0) is 112 Å². The monoisotopic (exact) mass is 841 g/mol. The topological polar surface area (TPSA) is 187 Å². The lowest BCUT2D eigenvalue weighted by Crippen LogP contribution is -2.65. The molecule has 2 bridgehead atoms. The number of rotatable bonds is 1. The number of Topliss-reactive ketones (excluding diaryl/α,β-unsaturated/α-hetero) is 2. The highest BCUT2D eigenvalue weighted by atomic mass is 16.6. The van der Waals surface area contributed by atoms with Crippen molar-refractivity contribution in [1.82, 2.24) is 0 Å². The first-order chi connectivity index (χ1) is 28.3. The van der Waals surface area contributed by atoms with Crippen LogP contribution in [0.1, 0.15) is 138 Å². The third kappa shape index (κ3) is 4.59. The number of ether oxygens (including phenoxy) is 4. The molecule has 0 aromatic heterocycles. The summed E-state index contributed by atoms with van der Waals surface area (Å²) in [6.07, 6.45) is 11.6. The van der Waals surface area contributed by atoms with Gasteiger partial charge in [0.25, 0.3) is 0 Å². The molecule has 3 saturated heterocycles. The second-order valence-corrected chi connectivity index (χ2v) is 22.5. The van der Waals surface area contributed by atoms with E-state index in [1.807, 2.05) is 0 Å². The molecule has 8 saturated carbocycles. The lowest BCUT2D eigenvalue weighted by atomic mass is 9.39. The fourth-order valence-electron chi connectivity index (χ4n) is 18.4. The van der Waals surface area contributed by atoms with E-state index in [-0.39, 0.29) is 106 Å². The van der Waals surface area contributed by atoms with Crippen molar-refractivity contribution >= 4 is 35.3 Å². The second kappa shape index (κ2) is 12.6. The third-order valence-corrected chi connectivity index (χ3v) is 21.2. The molecule has 16 unspecified atom stereocenters. The number of aliphatic hydroxyl groups is 1. The maximum Gasteiger partial charge on any atom is 0.309 e. The molecule has 12 nitrogen and oxygen atoms in total. The number of epoxide rings is 1. The van der Waals surface area contributed by atoms with Gasteiger partial charge in [-0.1, -0.05) is 40.7 Å². The largest absolute Gasteiger partial charge is 0.469 e. The van der Waals surface area contributed by atoms with Crippen molar-refractivity contribution in [2.75, 3.05) is 7.11 Å². The van der Waals surface area contributed by atoms with Crippen molar-refractivity contribution in [3.8, 4) is 6.07 Å². The van der Waals surface area contributed by atoms with Gasteiger partial charge < -0.3 is 24.1 Å². The average molecular weight is 842 g/mol. The number of fused-ring (bicyclic) bond motifs is 11. The Morgan fingerprint density at radius 1 is 0.803 bits per heavy atom. The molecule has 12 rings (SSSR count). The predicted octanol–water partition coefficient (Wildman–Crippen LogP) is 6.33. The lowest BCUT2D eigenvalue weighted by Gasteiger charge is -2.64. The van der Waals surface area contributed by atoms with Crippen molar-refractivity contribution in [3.63, 3.8) is 0 Å². The summed E-state index contributed by atoms with van der Waals surface area (Å²) in [6.45, 7) is 8.72. The van der Waals surface area contributed by atoms with Crippen LogP contribution in [-0.4, -0.2) is 76.5 Å². The standard InChI is InChI=1S/C24H29NO5.C24H30O6.CH4/c1-21-6-4-14(26)19-20(29)12(9-23(19,21)11-25)17-13-3-7-24(8-5-16(28)30-24)22(13,2)10-15(27)18(17)21;1-21-7-4-14(25)10-13(21)11-15(20(27)28-3)19-16-5-8-23(9-6-18(26)30-23)22(16,2)12-17-24(19,21)29-17;/h12-13,15,17-19,27H,3-10H2,1-2H3;10,15-17,19H,4-9,11-12H2,1-3H3;1H4/t12?,13?,15?,17?,18?,19?,21?,22?,23?,24-;15?,16?,17?,19?,21?,22?,23-,24?;/m11./s1. The molecule has 330 valence electrons. The van der Waals surface area contributed by atoms with E-state index < -0.39 is 39.7 Å². The molecule has 18 atom stereocenters. The van der Waals surface area contributed by atoms with Gasteiger partial charge in [0, 0.05) is 53.8 Å². The van der Waals surface area contributed by atoms with E-state index in [4.69, 9.17) is 18.9 Å². The zero-order valence-electron chi connectivity index (χ0n) is 35.6. The number of methoxy groups -OCH3 is 1. The molecule has 3 aliphatic heterocycles. The van der Waals surface area contributed by atoms with E-state index >= 15 is 0 Å². The third-order valence-electron chi connectivity index (χ3n) is 21.2. The molecular weight excluding hydrogens is 779 g/mol. The molecule has 0 aromatic carbocycles. The van der Waals surface area contributed by atoms with Crippen molar-refractivity contribution in [3.05, 3.63) is 11.6 Å². The summed E-state index contributed by atoms with van der Waals surface area (Å²) in [5, 5.41) is 21.9. The number of esters is 3. The van der Waals surface area contributed by atoms with E-state index in [9.17, 15) is 39.1 Å². The Balaban J connectivity index is 0.000000144. The highest BCUT2D eigenvalue weighted by Crippen LogP contribution is 2.79. The molecule has 9 aliphatic carbocycles. The van der Waals surface area contributed by atoms with E-state index in [0.717, 1.165) is 50.5 Å². The van der Waals surface area contributed by atoms with E-state index in [1.54, 1.807) is 6.08 Å². The highest BCUT2D eigenvalue weighted by Gasteiger charge is 2.84. The second-order valence-electron chi connectivity index (χ2n) is 22.5. The molecule has 12 heteroatoms. The summed E-state index contributed by atoms with van der Waals surface area (Å²) in [7, 11) is 1.45. The molecule has 0 amide bonds. The molecule has 0 radical (unpaired) electrons. The van der Waals surface area contributed by atoms with Gasteiger partial charge in [0.15, 0.2) is 5.78 Å². The Morgan fingerprint density at radius 3 is 2.05 bits per heavy atom. The summed E-state index contributed by atoms with van der Waals surface area (Å²) >= 11 is 0. The van der Waals surface area contributed by atoms with Crippen LogP contribution < -0.4 is 0 Å². The minimum atomic E-state index is -0.976. The number of nitriles is 1. The number of nitrogens with zero attached hydrogens (tertiary/aromatic N) is 1. The number of hydrogen-bond acceptors (Lipinski definition) is 12. The molecule has 11 fully saturated rings. The van der Waals surface area contributed by atoms with Crippen molar-refractivity contribution in [1.29, 1.82) is 5.26 Å². The zero-order valence-corrected chi connectivity index (χ0v) is 35.6. The number of carbonyl (C=O) groups is 6. The summed E-state index contributed by atoms with van der Waals surface area (Å²) in [4.78, 5) is 75.9. The van der Waals surface area contributed by atoms with E-state index in [2.05, 4.69) is 33.8 Å². The predicted molar refractivity (Wildman–Crippen MR) is 215 cm³/mol. The maximum atomic E-state index is 13.6. The van der Waals surface area contributed by atoms with Gasteiger partial charge in [-0.25, -0.2) is 0 Å². The number of carbonyl (C=O) groups excluding carboxylic acids is 6. The Kier molecular flexibility index (Phi) is 8.61. The van der Waals surface area contributed by atoms with Gasteiger partial charge >= 0.3 is 17.9 Å². The van der Waals surface area contributed by atoms with Crippen molar-refractivity contribution < 1.29 is 52.8 Å². The van der Waals surface area contributed by atoms with E-state index in [1.165, 1.54) is 7.11 Å². The molecular formula is C49H63NO11. The van der Waals surface area contributed by atoms with Gasteiger partial charge in [-0.15, -0.1) is 0 Å². The van der Waals surface area contributed by atoms with Crippen LogP contribution in [0.4, 0.5) is 0 Å². The quantitative estimate of drug-likeness (QED) is 0.134. The smallest absolute Gasteiger partial charge is 0.309 e. The number of hydrogen-bond donors (Lipinski definition) is 1. The Hall–Kier alpha value is -3.43.